The molecule has 4 heteroatoms. The smallest absolute Gasteiger partial charge is 0.101 e. The van der Waals surface area contributed by atoms with E-state index < -0.39 is 0 Å². The lowest BCUT2D eigenvalue weighted by Crippen LogP contribution is -1.89. The molecule has 0 saturated carbocycles. The van der Waals surface area contributed by atoms with Gasteiger partial charge in [0.1, 0.15) is 6.07 Å². The molecule has 0 amide bonds. The number of hydrogen-bond acceptors (Lipinski definition) is 4. The first kappa shape index (κ1) is 17.8. The molecule has 0 saturated heterocycles. The van der Waals surface area contributed by atoms with Crippen LogP contribution in [-0.4, -0.2) is 9.97 Å². The van der Waals surface area contributed by atoms with Crippen molar-refractivity contribution in [2.45, 2.75) is 0 Å². The first-order valence-electron chi connectivity index (χ1n) is 9.97. The van der Waals surface area contributed by atoms with Crippen LogP contribution in [0.1, 0.15) is 5.56 Å². The Morgan fingerprint density at radius 3 is 2.48 bits per heavy atom. The normalized spacial score (nSPS) is 11.2. The lowest BCUT2D eigenvalue weighted by atomic mass is 10.0. The molecule has 144 valence electrons. The van der Waals surface area contributed by atoms with Gasteiger partial charge in [-0.3, -0.25) is 4.98 Å². The zero-order chi connectivity index (χ0) is 20.8. The maximum absolute atomic E-state index is 9.16. The molecule has 0 fully saturated rings. The third-order valence-electron chi connectivity index (χ3n) is 5.57. The van der Waals surface area contributed by atoms with Crippen LogP contribution in [0.25, 0.3) is 53.5 Å². The van der Waals surface area contributed by atoms with Gasteiger partial charge in [0, 0.05) is 43.7 Å². The molecule has 0 aliphatic heterocycles. The fourth-order valence-electron chi connectivity index (χ4n) is 4.10. The Balaban J connectivity index is 1.50. The van der Waals surface area contributed by atoms with Crippen molar-refractivity contribution in [1.29, 1.82) is 5.26 Å². The first-order chi connectivity index (χ1) is 15.3. The van der Waals surface area contributed by atoms with Crippen molar-refractivity contribution in [1.82, 2.24) is 9.97 Å². The standard InChI is InChI=1S/C27H15N3S/c28-14-17-12-20(16-29-15-17)24-7-3-6-23(30-24)19-8-10-22-26(13-19)31-25-11-9-18-4-1-2-5-21(18)27(22)25/h1-13,15-16H. The number of nitriles is 1. The van der Waals surface area contributed by atoms with Crippen LogP contribution in [0, 0.1) is 11.3 Å². The summed E-state index contributed by atoms with van der Waals surface area (Å²) in [5, 5.41) is 14.3. The molecule has 0 aliphatic rings. The minimum Gasteiger partial charge on any atom is -0.263 e. The van der Waals surface area contributed by atoms with E-state index in [0.717, 1.165) is 22.5 Å². The highest BCUT2D eigenvalue weighted by atomic mass is 32.1. The average Bonchev–Trinajstić information content (AvgIpc) is 3.22. The zero-order valence-electron chi connectivity index (χ0n) is 16.4. The van der Waals surface area contributed by atoms with Crippen LogP contribution in [0.3, 0.4) is 0 Å². The van der Waals surface area contributed by atoms with E-state index in [4.69, 9.17) is 10.2 Å². The van der Waals surface area contributed by atoms with E-state index >= 15 is 0 Å². The van der Waals surface area contributed by atoms with Crippen molar-refractivity contribution < 1.29 is 0 Å². The number of hydrogen-bond donors (Lipinski definition) is 0. The van der Waals surface area contributed by atoms with Crippen molar-refractivity contribution in [3.05, 3.63) is 96.8 Å². The molecule has 0 atom stereocenters. The summed E-state index contributed by atoms with van der Waals surface area (Å²) in [6, 6.07) is 29.5. The third-order valence-corrected chi connectivity index (χ3v) is 6.69. The molecule has 6 aromatic rings. The van der Waals surface area contributed by atoms with Crippen LogP contribution in [-0.2, 0) is 0 Å². The Labute approximate surface area is 182 Å². The number of benzene rings is 3. The van der Waals surface area contributed by atoms with Gasteiger partial charge in [0.05, 0.1) is 17.0 Å². The lowest BCUT2D eigenvalue weighted by molar-refractivity contribution is 1.26. The van der Waals surface area contributed by atoms with Gasteiger partial charge in [-0.25, -0.2) is 4.98 Å². The van der Waals surface area contributed by atoms with E-state index in [2.05, 4.69) is 65.7 Å². The van der Waals surface area contributed by atoms with Crippen LogP contribution >= 0.6 is 11.3 Å². The van der Waals surface area contributed by atoms with Crippen LogP contribution in [0.5, 0.6) is 0 Å². The van der Waals surface area contributed by atoms with Crippen molar-refractivity contribution >= 4 is 42.3 Å². The lowest BCUT2D eigenvalue weighted by Gasteiger charge is -2.06. The topological polar surface area (TPSA) is 49.6 Å². The highest BCUT2D eigenvalue weighted by molar-refractivity contribution is 7.26. The molecular formula is C27H15N3S. The Bertz CT molecular complexity index is 1660. The predicted molar refractivity (Wildman–Crippen MR) is 128 cm³/mol. The molecule has 0 unspecified atom stereocenters. The fraction of sp³-hybridized carbons (Fsp3) is 0. The third kappa shape index (κ3) is 2.95. The van der Waals surface area contributed by atoms with E-state index in [0.29, 0.717) is 5.56 Å². The Morgan fingerprint density at radius 1 is 0.710 bits per heavy atom. The van der Waals surface area contributed by atoms with Gasteiger partial charge in [-0.05, 0) is 41.1 Å². The quantitative estimate of drug-likeness (QED) is 0.301. The predicted octanol–water partition coefficient (Wildman–Crippen LogP) is 7.20. The van der Waals surface area contributed by atoms with Gasteiger partial charge in [0.25, 0.3) is 0 Å². The van der Waals surface area contributed by atoms with E-state index in [1.807, 2.05) is 35.6 Å². The van der Waals surface area contributed by atoms with E-state index in [1.165, 1.54) is 30.9 Å². The van der Waals surface area contributed by atoms with E-state index in [-0.39, 0.29) is 0 Å². The van der Waals surface area contributed by atoms with Gasteiger partial charge in [0.2, 0.25) is 0 Å². The van der Waals surface area contributed by atoms with Gasteiger partial charge in [-0.15, -0.1) is 11.3 Å². The van der Waals surface area contributed by atoms with Crippen molar-refractivity contribution in [3.63, 3.8) is 0 Å². The molecule has 0 aliphatic carbocycles. The number of aromatic nitrogens is 2. The Hall–Kier alpha value is -4.07. The summed E-state index contributed by atoms with van der Waals surface area (Å²) in [6.07, 6.45) is 3.31. The maximum atomic E-state index is 9.16. The van der Waals surface area contributed by atoms with Crippen LogP contribution in [0.2, 0.25) is 0 Å². The first-order valence-corrected chi connectivity index (χ1v) is 10.8. The number of pyridine rings is 2. The van der Waals surface area contributed by atoms with Gasteiger partial charge >= 0.3 is 0 Å². The van der Waals surface area contributed by atoms with Crippen molar-refractivity contribution in [2.75, 3.05) is 0 Å². The monoisotopic (exact) mass is 413 g/mol. The Morgan fingerprint density at radius 2 is 1.58 bits per heavy atom. The molecule has 0 radical (unpaired) electrons. The number of rotatable bonds is 2. The molecule has 3 aromatic carbocycles. The van der Waals surface area contributed by atoms with Crippen LogP contribution < -0.4 is 0 Å². The SMILES string of the molecule is N#Cc1cncc(-c2cccc(-c3ccc4c(c3)sc3ccc5ccccc5c34)n2)c1. The second-order valence-corrected chi connectivity index (χ2v) is 8.54. The summed E-state index contributed by atoms with van der Waals surface area (Å²) in [6.45, 7) is 0. The second-order valence-electron chi connectivity index (χ2n) is 7.45. The second kappa shape index (κ2) is 7.02. The van der Waals surface area contributed by atoms with E-state index in [1.54, 1.807) is 12.4 Å². The Kier molecular flexibility index (Phi) is 4.02. The minimum absolute atomic E-state index is 0.531. The summed E-state index contributed by atoms with van der Waals surface area (Å²) in [5.74, 6) is 0. The minimum atomic E-state index is 0.531. The molecule has 31 heavy (non-hydrogen) atoms. The fourth-order valence-corrected chi connectivity index (χ4v) is 5.26. The summed E-state index contributed by atoms with van der Waals surface area (Å²) in [4.78, 5) is 9.02. The molecule has 3 aromatic heterocycles. The summed E-state index contributed by atoms with van der Waals surface area (Å²) in [5.41, 5.74) is 4.17. The van der Waals surface area contributed by atoms with Gasteiger partial charge < -0.3 is 0 Å². The number of fused-ring (bicyclic) bond motifs is 5. The molecule has 0 N–H and O–H groups in total. The summed E-state index contributed by atoms with van der Waals surface area (Å²) in [7, 11) is 0. The highest BCUT2D eigenvalue weighted by Gasteiger charge is 2.11. The van der Waals surface area contributed by atoms with Gasteiger partial charge in [-0.2, -0.15) is 5.26 Å². The molecule has 3 heterocycles. The van der Waals surface area contributed by atoms with Crippen molar-refractivity contribution in [2.24, 2.45) is 0 Å². The number of thiophene rings is 1. The van der Waals surface area contributed by atoms with Gasteiger partial charge in [0.15, 0.2) is 0 Å². The van der Waals surface area contributed by atoms with Crippen LogP contribution in [0.15, 0.2) is 91.3 Å². The largest absolute Gasteiger partial charge is 0.263 e. The molecule has 6 rings (SSSR count). The van der Waals surface area contributed by atoms with Crippen LogP contribution in [0.4, 0.5) is 0 Å². The average molecular weight is 414 g/mol. The number of nitrogens with zero attached hydrogens (tertiary/aromatic N) is 3. The molecule has 3 nitrogen and oxygen atoms in total. The summed E-state index contributed by atoms with van der Waals surface area (Å²) < 4.78 is 2.55. The molecular weight excluding hydrogens is 398 g/mol. The van der Waals surface area contributed by atoms with E-state index in [9.17, 15) is 0 Å². The zero-order valence-corrected chi connectivity index (χ0v) is 17.2. The maximum Gasteiger partial charge on any atom is 0.101 e. The highest BCUT2D eigenvalue weighted by Crippen LogP contribution is 2.40. The summed E-state index contributed by atoms with van der Waals surface area (Å²) >= 11 is 1.82. The van der Waals surface area contributed by atoms with Gasteiger partial charge in [-0.1, -0.05) is 48.5 Å². The van der Waals surface area contributed by atoms with Crippen molar-refractivity contribution in [3.8, 4) is 28.6 Å². The molecule has 0 spiro atoms. The molecule has 0 bridgehead atoms.